The lowest BCUT2D eigenvalue weighted by molar-refractivity contribution is 0.281. The second-order valence-corrected chi connectivity index (χ2v) is 6.03. The lowest BCUT2D eigenvalue weighted by Crippen LogP contribution is -2.21. The molecule has 27 heavy (non-hydrogen) atoms. The Morgan fingerprint density at radius 3 is 2.67 bits per heavy atom. The zero-order chi connectivity index (χ0) is 19.2. The molecule has 3 rings (SSSR count). The Balaban J connectivity index is 1.86. The minimum atomic E-state index is -0.896. The van der Waals surface area contributed by atoms with Gasteiger partial charge in [-0.1, -0.05) is 6.07 Å². The number of hydrogen-bond acceptors (Lipinski definition) is 6. The molecule has 0 fully saturated rings. The van der Waals surface area contributed by atoms with Crippen LogP contribution in [0, 0.1) is 11.6 Å². The van der Waals surface area contributed by atoms with E-state index in [-0.39, 0.29) is 19.2 Å². The van der Waals surface area contributed by atoms with Crippen molar-refractivity contribution in [2.75, 3.05) is 17.2 Å². The van der Waals surface area contributed by atoms with Crippen molar-refractivity contribution in [3.63, 3.8) is 0 Å². The van der Waals surface area contributed by atoms with Crippen molar-refractivity contribution in [3.8, 4) is 11.3 Å². The van der Waals surface area contributed by atoms with Crippen LogP contribution >= 0.6 is 0 Å². The highest BCUT2D eigenvalue weighted by Crippen LogP contribution is 2.21. The average Bonchev–Trinajstić information content (AvgIpc) is 2.69. The summed E-state index contributed by atoms with van der Waals surface area (Å²) in [5.41, 5.74) is 2.02. The molecule has 0 spiro atoms. The van der Waals surface area contributed by atoms with Gasteiger partial charge in [0.15, 0.2) is 11.6 Å². The summed E-state index contributed by atoms with van der Waals surface area (Å²) in [5, 5.41) is 15.3. The number of nitrogens with zero attached hydrogens (tertiary/aromatic N) is 3. The molecule has 0 saturated carbocycles. The average molecular weight is 371 g/mol. The van der Waals surface area contributed by atoms with Crippen LogP contribution in [0.3, 0.4) is 0 Å². The number of nitrogens with one attached hydrogen (secondary N) is 2. The van der Waals surface area contributed by atoms with Gasteiger partial charge in [-0.15, -0.1) is 0 Å². The maximum atomic E-state index is 13.4. The van der Waals surface area contributed by atoms with E-state index in [1.807, 2.05) is 6.07 Å². The molecule has 1 atom stereocenters. The minimum absolute atomic E-state index is 0.0713. The summed E-state index contributed by atoms with van der Waals surface area (Å²) in [5.74, 6) is -0.941. The smallest absolute Gasteiger partial charge is 0.225 e. The van der Waals surface area contributed by atoms with E-state index in [9.17, 15) is 13.9 Å². The quantitative estimate of drug-likeness (QED) is 0.592. The number of pyridine rings is 1. The molecular weight excluding hydrogens is 352 g/mol. The fourth-order valence-electron chi connectivity index (χ4n) is 2.37. The second-order valence-electron chi connectivity index (χ2n) is 6.03. The molecule has 2 heterocycles. The van der Waals surface area contributed by atoms with Gasteiger partial charge in [-0.3, -0.25) is 4.98 Å². The van der Waals surface area contributed by atoms with Crippen LogP contribution in [0.15, 0.2) is 48.8 Å². The molecule has 0 aliphatic heterocycles. The normalized spacial score (nSPS) is 11.9. The molecule has 0 unspecified atom stereocenters. The van der Waals surface area contributed by atoms with Crippen molar-refractivity contribution in [2.45, 2.75) is 19.5 Å². The fraction of sp³-hybridized carbons (Fsp3) is 0.211. The highest BCUT2D eigenvalue weighted by atomic mass is 19.2. The molecule has 0 amide bonds. The fourth-order valence-corrected chi connectivity index (χ4v) is 2.37. The third-order valence-corrected chi connectivity index (χ3v) is 3.79. The molecule has 140 valence electrons. The molecule has 2 aromatic heterocycles. The first-order valence-corrected chi connectivity index (χ1v) is 8.40. The van der Waals surface area contributed by atoms with Crippen molar-refractivity contribution < 1.29 is 13.9 Å². The van der Waals surface area contributed by atoms with E-state index < -0.39 is 11.6 Å². The van der Waals surface area contributed by atoms with Crippen LogP contribution in [0.4, 0.5) is 20.5 Å². The Labute approximate surface area is 155 Å². The zero-order valence-electron chi connectivity index (χ0n) is 14.7. The lowest BCUT2D eigenvalue weighted by atomic mass is 10.2. The van der Waals surface area contributed by atoms with Gasteiger partial charge in [-0.25, -0.2) is 13.8 Å². The van der Waals surface area contributed by atoms with Crippen molar-refractivity contribution in [3.05, 3.63) is 66.0 Å². The van der Waals surface area contributed by atoms with Gasteiger partial charge in [0.25, 0.3) is 0 Å². The monoisotopic (exact) mass is 371 g/mol. The Morgan fingerprint density at radius 1 is 1.11 bits per heavy atom. The number of hydrogen-bond donors (Lipinski definition) is 3. The second kappa shape index (κ2) is 8.50. The van der Waals surface area contributed by atoms with Gasteiger partial charge in [-0.2, -0.15) is 4.98 Å². The number of rotatable bonds is 7. The molecule has 8 heteroatoms. The summed E-state index contributed by atoms with van der Waals surface area (Å²) < 4.78 is 26.4. The SMILES string of the molecule is C[C@@H](CO)Nc1nc(NCc2ccc(F)c(F)c2)cc(-c2cccnc2)n1. The van der Waals surface area contributed by atoms with E-state index in [4.69, 9.17) is 0 Å². The summed E-state index contributed by atoms with van der Waals surface area (Å²) >= 11 is 0. The van der Waals surface area contributed by atoms with Gasteiger partial charge < -0.3 is 15.7 Å². The standard InChI is InChI=1S/C19H19F2N5O/c1-12(11-27)24-19-25-17(14-3-2-6-22-10-14)8-18(26-19)23-9-13-4-5-15(20)16(21)7-13/h2-8,10,12,27H,9,11H2,1H3,(H2,23,24,25,26)/t12-/m0/s1. The topological polar surface area (TPSA) is 83.0 Å². The number of anilines is 2. The first kappa shape index (κ1) is 18.7. The van der Waals surface area contributed by atoms with Gasteiger partial charge in [0.2, 0.25) is 5.95 Å². The van der Waals surface area contributed by atoms with E-state index in [2.05, 4.69) is 25.6 Å². The summed E-state index contributed by atoms with van der Waals surface area (Å²) in [6.45, 7) is 1.99. The summed E-state index contributed by atoms with van der Waals surface area (Å²) in [6, 6.07) is 8.91. The van der Waals surface area contributed by atoms with Crippen molar-refractivity contribution in [1.29, 1.82) is 0 Å². The summed E-state index contributed by atoms with van der Waals surface area (Å²) in [6.07, 6.45) is 3.35. The predicted molar refractivity (Wildman–Crippen MR) is 99.1 cm³/mol. The van der Waals surface area contributed by atoms with E-state index in [0.29, 0.717) is 23.0 Å². The summed E-state index contributed by atoms with van der Waals surface area (Å²) in [4.78, 5) is 12.9. The Kier molecular flexibility index (Phi) is 5.87. The molecular formula is C19H19F2N5O. The van der Waals surface area contributed by atoms with Gasteiger partial charge in [0.1, 0.15) is 5.82 Å². The van der Waals surface area contributed by atoms with Gasteiger partial charge >= 0.3 is 0 Å². The molecule has 0 radical (unpaired) electrons. The number of aliphatic hydroxyl groups excluding tert-OH is 1. The van der Waals surface area contributed by atoms with Crippen LogP contribution in [0.1, 0.15) is 12.5 Å². The van der Waals surface area contributed by atoms with Gasteiger partial charge in [0.05, 0.1) is 12.3 Å². The predicted octanol–water partition coefficient (Wildman–Crippen LogP) is 3.22. The Hall–Kier alpha value is -3.13. The van der Waals surface area contributed by atoms with Gasteiger partial charge in [-0.05, 0) is 36.8 Å². The van der Waals surface area contributed by atoms with Crippen molar-refractivity contribution >= 4 is 11.8 Å². The Morgan fingerprint density at radius 2 is 1.96 bits per heavy atom. The van der Waals surface area contributed by atoms with E-state index in [0.717, 1.165) is 17.7 Å². The van der Waals surface area contributed by atoms with Gasteiger partial charge in [0, 0.05) is 36.6 Å². The molecule has 0 saturated heterocycles. The highest BCUT2D eigenvalue weighted by molar-refractivity contribution is 5.63. The lowest BCUT2D eigenvalue weighted by Gasteiger charge is -2.14. The largest absolute Gasteiger partial charge is 0.394 e. The first-order chi connectivity index (χ1) is 13.0. The molecule has 6 nitrogen and oxygen atoms in total. The third-order valence-electron chi connectivity index (χ3n) is 3.79. The molecule has 1 aromatic carbocycles. The highest BCUT2D eigenvalue weighted by Gasteiger charge is 2.10. The zero-order valence-corrected chi connectivity index (χ0v) is 14.7. The van der Waals surface area contributed by atoms with Crippen LogP contribution < -0.4 is 10.6 Å². The molecule has 0 aliphatic rings. The third kappa shape index (κ3) is 4.95. The number of halogens is 2. The van der Waals surface area contributed by atoms with Crippen LogP contribution in [-0.2, 0) is 6.54 Å². The van der Waals surface area contributed by atoms with E-state index in [1.54, 1.807) is 31.5 Å². The van der Waals surface area contributed by atoms with Crippen LogP contribution in [0.25, 0.3) is 11.3 Å². The molecule has 3 aromatic rings. The van der Waals surface area contributed by atoms with E-state index in [1.165, 1.54) is 6.07 Å². The molecule has 3 N–H and O–H groups in total. The minimum Gasteiger partial charge on any atom is -0.394 e. The van der Waals surface area contributed by atoms with Crippen LogP contribution in [0.2, 0.25) is 0 Å². The van der Waals surface area contributed by atoms with Crippen LogP contribution in [0.5, 0.6) is 0 Å². The summed E-state index contributed by atoms with van der Waals surface area (Å²) in [7, 11) is 0. The number of benzene rings is 1. The van der Waals surface area contributed by atoms with Crippen LogP contribution in [-0.4, -0.2) is 32.7 Å². The molecule has 0 aliphatic carbocycles. The van der Waals surface area contributed by atoms with Crippen molar-refractivity contribution in [2.24, 2.45) is 0 Å². The Bertz CT molecular complexity index is 908. The number of aliphatic hydroxyl groups is 1. The maximum Gasteiger partial charge on any atom is 0.225 e. The maximum absolute atomic E-state index is 13.4. The molecule has 0 bridgehead atoms. The first-order valence-electron chi connectivity index (χ1n) is 8.40. The number of aromatic nitrogens is 3. The van der Waals surface area contributed by atoms with Crippen molar-refractivity contribution in [1.82, 2.24) is 15.0 Å². The van der Waals surface area contributed by atoms with E-state index >= 15 is 0 Å².